The summed E-state index contributed by atoms with van der Waals surface area (Å²) in [6.07, 6.45) is 1.50. The number of carboxylic acid groups (broad SMARTS) is 1. The first-order valence-electron chi connectivity index (χ1n) is 6.76. The summed E-state index contributed by atoms with van der Waals surface area (Å²) < 4.78 is 0. The van der Waals surface area contributed by atoms with Gasteiger partial charge in [0.2, 0.25) is 5.91 Å². The van der Waals surface area contributed by atoms with E-state index in [4.69, 9.17) is 5.11 Å². The molecule has 1 amide bonds. The molecule has 1 aromatic heterocycles. The van der Waals surface area contributed by atoms with E-state index in [0.29, 0.717) is 10.6 Å². The van der Waals surface area contributed by atoms with Gasteiger partial charge in [-0.2, -0.15) is 0 Å². The maximum atomic E-state index is 12.3. The van der Waals surface area contributed by atoms with E-state index in [2.05, 4.69) is 17.4 Å². The van der Waals surface area contributed by atoms with Crippen LogP contribution in [0.1, 0.15) is 26.4 Å². The molecule has 1 aliphatic rings. The van der Waals surface area contributed by atoms with Gasteiger partial charge in [0.25, 0.3) is 0 Å². The van der Waals surface area contributed by atoms with Crippen LogP contribution in [0.3, 0.4) is 0 Å². The molecule has 0 fully saturated rings. The number of benzene rings is 1. The highest BCUT2D eigenvalue weighted by atomic mass is 32.1. The number of carbonyl (C=O) groups is 2. The Morgan fingerprint density at radius 3 is 2.38 bits per heavy atom. The van der Waals surface area contributed by atoms with Crippen LogP contribution < -0.4 is 5.32 Å². The molecule has 1 heterocycles. The van der Waals surface area contributed by atoms with Crippen LogP contribution in [0.5, 0.6) is 0 Å². The van der Waals surface area contributed by atoms with E-state index < -0.39 is 5.97 Å². The summed E-state index contributed by atoms with van der Waals surface area (Å²) in [5.41, 5.74) is 3.13. The average molecular weight is 301 g/mol. The fourth-order valence-corrected chi connectivity index (χ4v) is 3.64. The first-order valence-corrected chi connectivity index (χ1v) is 7.57. The highest BCUT2D eigenvalue weighted by molar-refractivity contribution is 7.18. The van der Waals surface area contributed by atoms with Crippen LogP contribution >= 0.6 is 11.3 Å². The van der Waals surface area contributed by atoms with Crippen molar-refractivity contribution in [2.24, 2.45) is 5.92 Å². The van der Waals surface area contributed by atoms with Crippen molar-refractivity contribution in [1.29, 1.82) is 0 Å². The van der Waals surface area contributed by atoms with Gasteiger partial charge in [-0.1, -0.05) is 24.3 Å². The van der Waals surface area contributed by atoms with Gasteiger partial charge in [-0.3, -0.25) is 4.79 Å². The third kappa shape index (κ3) is 2.69. The maximum absolute atomic E-state index is 12.3. The quantitative estimate of drug-likeness (QED) is 0.915. The number of nitrogens with one attached hydrogen (secondary N) is 1. The summed E-state index contributed by atoms with van der Waals surface area (Å²) in [6, 6.07) is 9.80. The number of amides is 1. The molecule has 4 nitrogen and oxygen atoms in total. The first kappa shape index (κ1) is 13.8. The SMILES string of the molecule is Cc1cc(NC(=O)C2Cc3ccccc3C2)sc1C(=O)O. The molecule has 0 aliphatic heterocycles. The molecule has 0 atom stereocenters. The Balaban J connectivity index is 1.71. The van der Waals surface area contributed by atoms with E-state index in [1.165, 1.54) is 11.1 Å². The molecule has 0 saturated heterocycles. The molecule has 108 valence electrons. The van der Waals surface area contributed by atoms with E-state index in [1.807, 2.05) is 12.1 Å². The van der Waals surface area contributed by atoms with E-state index in [-0.39, 0.29) is 16.7 Å². The van der Waals surface area contributed by atoms with E-state index >= 15 is 0 Å². The lowest BCUT2D eigenvalue weighted by molar-refractivity contribution is -0.119. The highest BCUT2D eigenvalue weighted by Gasteiger charge is 2.27. The molecule has 2 N–H and O–H groups in total. The minimum absolute atomic E-state index is 0.0376. The van der Waals surface area contributed by atoms with Crippen molar-refractivity contribution in [3.05, 3.63) is 51.9 Å². The lowest BCUT2D eigenvalue weighted by Crippen LogP contribution is -2.22. The highest BCUT2D eigenvalue weighted by Crippen LogP contribution is 2.30. The van der Waals surface area contributed by atoms with Crippen molar-refractivity contribution in [3.63, 3.8) is 0 Å². The zero-order valence-electron chi connectivity index (χ0n) is 11.6. The number of carbonyl (C=O) groups excluding carboxylic acids is 1. The minimum atomic E-state index is -0.953. The summed E-state index contributed by atoms with van der Waals surface area (Å²) in [5, 5.41) is 12.5. The fourth-order valence-electron chi connectivity index (χ4n) is 2.72. The molecule has 2 aromatic rings. The van der Waals surface area contributed by atoms with E-state index in [9.17, 15) is 9.59 Å². The predicted molar refractivity (Wildman–Crippen MR) is 82.0 cm³/mol. The van der Waals surface area contributed by atoms with Crippen molar-refractivity contribution in [2.75, 3.05) is 5.32 Å². The lowest BCUT2D eigenvalue weighted by Gasteiger charge is -2.08. The summed E-state index contributed by atoms with van der Waals surface area (Å²) in [4.78, 5) is 23.6. The number of carboxylic acids is 1. The largest absolute Gasteiger partial charge is 0.477 e. The number of aromatic carboxylic acids is 1. The zero-order valence-corrected chi connectivity index (χ0v) is 12.4. The normalized spacial score (nSPS) is 14.0. The zero-order chi connectivity index (χ0) is 15.0. The lowest BCUT2D eigenvalue weighted by atomic mass is 10.1. The number of anilines is 1. The number of aryl methyl sites for hydroxylation is 1. The molecule has 1 aromatic carbocycles. The van der Waals surface area contributed by atoms with Crippen LogP contribution in [0, 0.1) is 12.8 Å². The maximum Gasteiger partial charge on any atom is 0.346 e. The van der Waals surface area contributed by atoms with Gasteiger partial charge < -0.3 is 10.4 Å². The predicted octanol–water partition coefficient (Wildman–Crippen LogP) is 3.11. The van der Waals surface area contributed by atoms with Crippen molar-refractivity contribution >= 4 is 28.2 Å². The monoisotopic (exact) mass is 301 g/mol. The first-order chi connectivity index (χ1) is 10.0. The van der Waals surface area contributed by atoms with Gasteiger partial charge in [-0.15, -0.1) is 11.3 Å². The van der Waals surface area contributed by atoms with Gasteiger partial charge >= 0.3 is 5.97 Å². The Morgan fingerprint density at radius 1 is 1.24 bits per heavy atom. The molecule has 0 bridgehead atoms. The number of thiophene rings is 1. The molecule has 0 saturated carbocycles. The van der Waals surface area contributed by atoms with Crippen molar-refractivity contribution in [2.45, 2.75) is 19.8 Å². The fraction of sp³-hybridized carbons (Fsp3) is 0.250. The second kappa shape index (κ2) is 5.33. The summed E-state index contributed by atoms with van der Waals surface area (Å²) in [6.45, 7) is 1.74. The molecule has 1 aliphatic carbocycles. The Hall–Kier alpha value is -2.14. The van der Waals surface area contributed by atoms with Crippen molar-refractivity contribution in [1.82, 2.24) is 0 Å². The van der Waals surface area contributed by atoms with Crippen LogP contribution in [-0.4, -0.2) is 17.0 Å². The summed E-state index contributed by atoms with van der Waals surface area (Å²) in [7, 11) is 0. The number of hydrogen-bond acceptors (Lipinski definition) is 3. The Kier molecular flexibility index (Phi) is 3.51. The van der Waals surface area contributed by atoms with Crippen LogP contribution in [-0.2, 0) is 17.6 Å². The third-order valence-corrected chi connectivity index (χ3v) is 4.92. The van der Waals surface area contributed by atoms with E-state index in [0.717, 1.165) is 24.2 Å². The molecule has 3 rings (SSSR count). The van der Waals surface area contributed by atoms with Crippen LogP contribution in [0.2, 0.25) is 0 Å². The van der Waals surface area contributed by atoms with Gasteiger partial charge in [0, 0.05) is 5.92 Å². The van der Waals surface area contributed by atoms with Crippen LogP contribution in [0.25, 0.3) is 0 Å². The van der Waals surface area contributed by atoms with E-state index in [1.54, 1.807) is 13.0 Å². The molecular weight excluding hydrogens is 286 g/mol. The smallest absolute Gasteiger partial charge is 0.346 e. The second-order valence-electron chi connectivity index (χ2n) is 5.29. The Labute approximate surface area is 126 Å². The Morgan fingerprint density at radius 2 is 1.86 bits per heavy atom. The molecule has 21 heavy (non-hydrogen) atoms. The number of fused-ring (bicyclic) bond motifs is 1. The van der Waals surface area contributed by atoms with Gasteiger partial charge in [0.1, 0.15) is 4.88 Å². The van der Waals surface area contributed by atoms with Crippen molar-refractivity contribution in [3.8, 4) is 0 Å². The molecule has 0 spiro atoms. The van der Waals surface area contributed by atoms with Crippen molar-refractivity contribution < 1.29 is 14.7 Å². The standard InChI is InChI=1S/C16H15NO3S/c1-9-6-13(21-14(9)16(19)20)17-15(18)12-7-10-4-2-3-5-11(10)8-12/h2-6,12H,7-8H2,1H3,(H,17,18)(H,19,20). The number of hydrogen-bond donors (Lipinski definition) is 2. The third-order valence-electron chi connectivity index (χ3n) is 3.78. The molecule has 0 unspecified atom stereocenters. The molecular formula is C16H15NO3S. The minimum Gasteiger partial charge on any atom is -0.477 e. The number of rotatable bonds is 3. The summed E-state index contributed by atoms with van der Waals surface area (Å²) >= 11 is 1.11. The Bertz CT molecular complexity index is 695. The van der Waals surface area contributed by atoms with Gasteiger partial charge in [-0.05, 0) is 42.5 Å². The van der Waals surface area contributed by atoms with Gasteiger partial charge in [0.15, 0.2) is 0 Å². The van der Waals surface area contributed by atoms with Gasteiger partial charge in [-0.25, -0.2) is 4.79 Å². The van der Waals surface area contributed by atoms with Gasteiger partial charge in [0.05, 0.1) is 5.00 Å². The topological polar surface area (TPSA) is 66.4 Å². The second-order valence-corrected chi connectivity index (χ2v) is 6.34. The average Bonchev–Trinajstić information content (AvgIpc) is 3.02. The van der Waals surface area contributed by atoms with Crippen LogP contribution in [0.15, 0.2) is 30.3 Å². The molecule has 5 heteroatoms. The van der Waals surface area contributed by atoms with Crippen LogP contribution in [0.4, 0.5) is 5.00 Å². The molecule has 0 radical (unpaired) electrons. The summed E-state index contributed by atoms with van der Waals surface area (Å²) in [5.74, 6) is -1.06.